The summed E-state index contributed by atoms with van der Waals surface area (Å²) in [6.07, 6.45) is 1.83. The van der Waals surface area contributed by atoms with E-state index in [1.165, 1.54) is 0 Å². The minimum absolute atomic E-state index is 0.0116. The molecule has 6 heteroatoms. The average molecular weight is 329 g/mol. The zero-order chi connectivity index (χ0) is 16.8. The second kappa shape index (κ2) is 5.63. The van der Waals surface area contributed by atoms with Gasteiger partial charge in [0, 0.05) is 17.0 Å². The first-order valence-corrected chi connectivity index (χ1v) is 8.16. The van der Waals surface area contributed by atoms with Crippen molar-refractivity contribution in [2.75, 3.05) is 0 Å². The number of rotatable bonds is 5. The summed E-state index contributed by atoms with van der Waals surface area (Å²) >= 11 is 0. The van der Waals surface area contributed by atoms with E-state index in [9.17, 15) is 9.90 Å². The van der Waals surface area contributed by atoms with E-state index in [-0.39, 0.29) is 30.5 Å². The number of carboxylic acids is 1. The van der Waals surface area contributed by atoms with E-state index in [4.69, 9.17) is 14.4 Å². The summed E-state index contributed by atoms with van der Waals surface area (Å²) in [5, 5.41) is 22.5. The summed E-state index contributed by atoms with van der Waals surface area (Å²) in [5.74, 6) is 0.798. The van der Waals surface area contributed by atoms with Crippen LogP contribution in [0, 0.1) is 24.7 Å². The second-order valence-corrected chi connectivity index (χ2v) is 6.60. The molecule has 4 rings (SSSR count). The molecule has 1 aromatic heterocycles. The van der Waals surface area contributed by atoms with Gasteiger partial charge >= 0.3 is 5.97 Å². The summed E-state index contributed by atoms with van der Waals surface area (Å²) in [4.78, 5) is 11.1. The summed E-state index contributed by atoms with van der Waals surface area (Å²) < 4.78 is 11.3. The fourth-order valence-electron chi connectivity index (χ4n) is 3.98. The zero-order valence-electron chi connectivity index (χ0n) is 13.3. The molecule has 1 heterocycles. The Morgan fingerprint density at radius 2 is 2.08 bits per heavy atom. The number of fused-ring (bicyclic) bond motifs is 1. The van der Waals surface area contributed by atoms with Gasteiger partial charge in [0.1, 0.15) is 11.9 Å². The molecule has 0 saturated heterocycles. The molecule has 4 atom stereocenters. The normalized spacial score (nSPS) is 27.8. The fraction of sp³-hybridized carbons (Fsp3) is 0.444. The Morgan fingerprint density at radius 3 is 2.71 bits per heavy atom. The third-order valence-corrected chi connectivity index (χ3v) is 5.28. The molecule has 1 aromatic carbocycles. The molecule has 2 aromatic rings. The van der Waals surface area contributed by atoms with Crippen LogP contribution in [0.1, 0.15) is 24.1 Å². The second-order valence-electron chi connectivity index (χ2n) is 6.60. The molecule has 2 N–H and O–H groups in total. The topological polar surface area (TPSA) is 92.8 Å². The molecule has 2 aliphatic rings. The number of aromatic nitrogens is 1. The van der Waals surface area contributed by atoms with Gasteiger partial charge in [-0.05, 0) is 49.9 Å². The maximum Gasteiger partial charge on any atom is 0.307 e. The van der Waals surface area contributed by atoms with Crippen LogP contribution < -0.4 is 4.74 Å². The molecule has 2 aliphatic carbocycles. The summed E-state index contributed by atoms with van der Waals surface area (Å²) in [7, 11) is 0. The molecule has 2 fully saturated rings. The number of hydrogen-bond acceptors (Lipinski definition) is 5. The first-order chi connectivity index (χ1) is 11.6. The van der Waals surface area contributed by atoms with Crippen LogP contribution in [0.15, 0.2) is 28.8 Å². The first-order valence-electron chi connectivity index (χ1n) is 8.16. The quantitative estimate of drug-likeness (QED) is 0.876. The lowest BCUT2D eigenvalue weighted by atomic mass is 10.1. The number of aliphatic carboxylic acids is 1. The van der Waals surface area contributed by atoms with E-state index < -0.39 is 5.97 Å². The Hall–Kier alpha value is -2.34. The van der Waals surface area contributed by atoms with Gasteiger partial charge in [0.05, 0.1) is 18.2 Å². The van der Waals surface area contributed by atoms with Gasteiger partial charge in [-0.1, -0.05) is 5.16 Å². The van der Waals surface area contributed by atoms with Crippen LogP contribution >= 0.6 is 0 Å². The Bertz CT molecular complexity index is 766. The van der Waals surface area contributed by atoms with Gasteiger partial charge in [-0.2, -0.15) is 0 Å². The van der Waals surface area contributed by atoms with Crippen LogP contribution in [0.5, 0.6) is 5.75 Å². The number of carbonyl (C=O) groups is 1. The standard InChI is InChI=1S/C18H19NO5/c1-9-13(8-20)17(24-19-9)10-2-4-11(5-3-10)23-14-7-6-12-15(14)16(12)18(21)22/h2-5,12,14-16,20H,6-8H2,1H3,(H,21,22). The third-order valence-electron chi connectivity index (χ3n) is 5.28. The van der Waals surface area contributed by atoms with E-state index in [0.717, 1.165) is 24.2 Å². The van der Waals surface area contributed by atoms with E-state index >= 15 is 0 Å². The van der Waals surface area contributed by atoms with Gasteiger partial charge in [-0.25, -0.2) is 0 Å². The highest BCUT2D eigenvalue weighted by atomic mass is 16.5. The number of hydrogen-bond donors (Lipinski definition) is 2. The van der Waals surface area contributed by atoms with E-state index in [2.05, 4.69) is 5.16 Å². The number of aliphatic hydroxyl groups is 1. The van der Waals surface area contributed by atoms with Crippen molar-refractivity contribution in [1.29, 1.82) is 0 Å². The summed E-state index contributed by atoms with van der Waals surface area (Å²) in [6.45, 7) is 1.67. The number of nitrogens with zero attached hydrogens (tertiary/aromatic N) is 1. The van der Waals surface area contributed by atoms with Crippen molar-refractivity contribution in [1.82, 2.24) is 5.16 Å². The number of aliphatic hydroxyl groups excluding tert-OH is 1. The minimum atomic E-state index is -0.703. The largest absolute Gasteiger partial charge is 0.490 e. The van der Waals surface area contributed by atoms with E-state index in [1.54, 1.807) is 6.92 Å². The number of carboxylic acid groups (broad SMARTS) is 1. The van der Waals surface area contributed by atoms with Gasteiger partial charge in [0.15, 0.2) is 5.76 Å². The molecular formula is C18H19NO5. The predicted molar refractivity (Wildman–Crippen MR) is 84.4 cm³/mol. The SMILES string of the molecule is Cc1noc(-c2ccc(OC3CCC4C(C(=O)O)C34)cc2)c1CO. The molecule has 0 aliphatic heterocycles. The highest BCUT2D eigenvalue weighted by Crippen LogP contribution is 2.58. The van der Waals surface area contributed by atoms with Gasteiger partial charge in [0.2, 0.25) is 0 Å². The predicted octanol–water partition coefficient (Wildman–Crippen LogP) is 2.63. The Balaban J connectivity index is 1.48. The fourth-order valence-corrected chi connectivity index (χ4v) is 3.98. The van der Waals surface area contributed by atoms with Crippen molar-refractivity contribution in [2.45, 2.75) is 32.5 Å². The Morgan fingerprint density at radius 1 is 1.33 bits per heavy atom. The van der Waals surface area contributed by atoms with Crippen molar-refractivity contribution in [3.63, 3.8) is 0 Å². The van der Waals surface area contributed by atoms with Crippen LogP contribution in [0.2, 0.25) is 0 Å². The monoisotopic (exact) mass is 329 g/mol. The molecule has 126 valence electrons. The molecule has 0 amide bonds. The van der Waals surface area contributed by atoms with Gasteiger partial charge in [0.25, 0.3) is 0 Å². The number of ether oxygens (including phenoxy) is 1. The van der Waals surface area contributed by atoms with Gasteiger partial charge in [-0.15, -0.1) is 0 Å². The maximum absolute atomic E-state index is 11.1. The zero-order valence-corrected chi connectivity index (χ0v) is 13.3. The van der Waals surface area contributed by atoms with E-state index in [1.807, 2.05) is 24.3 Å². The lowest BCUT2D eigenvalue weighted by molar-refractivity contribution is -0.139. The van der Waals surface area contributed by atoms with Crippen LogP contribution in [0.4, 0.5) is 0 Å². The molecular weight excluding hydrogens is 310 g/mol. The highest BCUT2D eigenvalue weighted by molar-refractivity contribution is 5.75. The van der Waals surface area contributed by atoms with Crippen LogP contribution in [-0.4, -0.2) is 27.4 Å². The van der Waals surface area contributed by atoms with Crippen molar-refractivity contribution in [2.24, 2.45) is 17.8 Å². The van der Waals surface area contributed by atoms with Crippen LogP contribution in [0.25, 0.3) is 11.3 Å². The Labute approximate surface area is 139 Å². The van der Waals surface area contributed by atoms with E-state index in [0.29, 0.717) is 17.0 Å². The first kappa shape index (κ1) is 15.2. The highest BCUT2D eigenvalue weighted by Gasteiger charge is 2.62. The summed E-state index contributed by atoms with van der Waals surface area (Å²) in [6, 6.07) is 7.42. The molecule has 0 bridgehead atoms. The lowest BCUT2D eigenvalue weighted by Crippen LogP contribution is -2.20. The minimum Gasteiger partial charge on any atom is -0.490 e. The average Bonchev–Trinajstić information content (AvgIpc) is 2.99. The Kier molecular flexibility index (Phi) is 3.57. The van der Waals surface area contributed by atoms with Gasteiger partial charge in [-0.3, -0.25) is 4.79 Å². The molecule has 4 unspecified atom stereocenters. The number of benzene rings is 1. The van der Waals surface area contributed by atoms with Crippen LogP contribution in [-0.2, 0) is 11.4 Å². The summed E-state index contributed by atoms with van der Waals surface area (Å²) in [5.41, 5.74) is 2.19. The van der Waals surface area contributed by atoms with Crippen molar-refractivity contribution in [3.05, 3.63) is 35.5 Å². The van der Waals surface area contributed by atoms with Gasteiger partial charge < -0.3 is 19.5 Å². The molecule has 0 spiro atoms. The molecule has 6 nitrogen and oxygen atoms in total. The van der Waals surface area contributed by atoms with Crippen LogP contribution in [0.3, 0.4) is 0 Å². The maximum atomic E-state index is 11.1. The molecule has 2 saturated carbocycles. The third kappa shape index (κ3) is 2.38. The molecule has 0 radical (unpaired) electrons. The van der Waals surface area contributed by atoms with Crippen molar-refractivity contribution >= 4 is 5.97 Å². The smallest absolute Gasteiger partial charge is 0.307 e. The molecule has 24 heavy (non-hydrogen) atoms. The number of aryl methyl sites for hydroxylation is 1. The van der Waals surface area contributed by atoms with Crippen molar-refractivity contribution in [3.8, 4) is 17.1 Å². The van der Waals surface area contributed by atoms with Crippen molar-refractivity contribution < 1.29 is 24.3 Å². The lowest BCUT2D eigenvalue weighted by Gasteiger charge is -2.16.